The minimum Gasteiger partial charge on any atom is -0.454 e. The summed E-state index contributed by atoms with van der Waals surface area (Å²) in [6.45, 7) is 4.93. The van der Waals surface area contributed by atoms with Gasteiger partial charge in [0.15, 0.2) is 37.2 Å². The number of nitrogens with one attached hydrogen (secondary N) is 1. The second-order valence-electron chi connectivity index (χ2n) is 10.6. The van der Waals surface area contributed by atoms with Gasteiger partial charge >= 0.3 is 13.6 Å². The number of carbonyl (C=O) groups is 2. The number of aliphatic hydroxyl groups excluding tert-OH is 1. The van der Waals surface area contributed by atoms with Crippen molar-refractivity contribution < 1.29 is 47.3 Å². The molecule has 3 aliphatic rings. The average Bonchev–Trinajstić information content (AvgIpc) is 3.68. The lowest BCUT2D eigenvalue weighted by Crippen LogP contribution is -2.53. The van der Waals surface area contributed by atoms with Gasteiger partial charge in [-0.3, -0.25) is 19.7 Å². The molecule has 0 aromatic heterocycles. The van der Waals surface area contributed by atoms with E-state index in [4.69, 9.17) is 33.8 Å². The smallest absolute Gasteiger partial charge is 0.356 e. The largest absolute Gasteiger partial charge is 0.454 e. The minimum absolute atomic E-state index is 0.0425. The highest BCUT2D eigenvalue weighted by atomic mass is 31.2. The summed E-state index contributed by atoms with van der Waals surface area (Å²) in [7, 11) is -3.59. The highest BCUT2D eigenvalue weighted by Crippen LogP contribution is 2.48. The molecule has 3 heterocycles. The van der Waals surface area contributed by atoms with Crippen LogP contribution in [0.1, 0.15) is 37.6 Å². The zero-order valence-corrected chi connectivity index (χ0v) is 27.4. The van der Waals surface area contributed by atoms with Crippen molar-refractivity contribution in [3.05, 3.63) is 66.2 Å². The number of fused-ring (bicyclic) bond motifs is 1. The number of hydrogen-bond donors (Lipinski definition) is 3. The van der Waals surface area contributed by atoms with Gasteiger partial charge in [-0.1, -0.05) is 36.4 Å². The third-order valence-electron chi connectivity index (χ3n) is 7.14. The molecule has 0 aliphatic carbocycles. The summed E-state index contributed by atoms with van der Waals surface area (Å²) in [5, 5.41) is 14.4. The highest BCUT2D eigenvalue weighted by Gasteiger charge is 2.50. The van der Waals surface area contributed by atoms with Crippen LogP contribution in [-0.4, -0.2) is 96.9 Å². The van der Waals surface area contributed by atoms with Crippen LogP contribution in [0.3, 0.4) is 0 Å². The van der Waals surface area contributed by atoms with E-state index < -0.39 is 63.1 Å². The summed E-state index contributed by atoms with van der Waals surface area (Å²) in [4.78, 5) is 40.0. The van der Waals surface area contributed by atoms with Gasteiger partial charge < -0.3 is 38.0 Å². The number of anilines is 1. The van der Waals surface area contributed by atoms with E-state index in [2.05, 4.69) is 20.3 Å². The third kappa shape index (κ3) is 8.43. The molecular formula is C30H38N7O10P. The van der Waals surface area contributed by atoms with Crippen LogP contribution in [0, 0.1) is 0 Å². The minimum atomic E-state index is -3.59. The maximum absolute atomic E-state index is 13.2. The number of aliphatic hydroxyl groups is 1. The van der Waals surface area contributed by atoms with Crippen LogP contribution in [0.4, 0.5) is 5.69 Å². The topological polar surface area (TPSA) is 208 Å². The number of esters is 1. The monoisotopic (exact) mass is 687 g/mol. The predicted octanol–water partition coefficient (Wildman–Crippen LogP) is 2.14. The Labute approximate surface area is 276 Å². The lowest BCUT2D eigenvalue weighted by Gasteiger charge is -2.34. The number of rotatable bonds is 13. The van der Waals surface area contributed by atoms with Gasteiger partial charge in [-0.2, -0.15) is 4.99 Å². The fraction of sp³-hybridized carbons (Fsp3) is 0.433. The van der Waals surface area contributed by atoms with Crippen molar-refractivity contribution in [3.63, 3.8) is 0 Å². The zero-order chi connectivity index (χ0) is 34.3. The van der Waals surface area contributed by atoms with E-state index in [1.54, 1.807) is 79.4 Å². The Morgan fingerprint density at radius 1 is 1.12 bits per heavy atom. The first-order valence-corrected chi connectivity index (χ1v) is 16.9. The molecule has 2 aromatic rings. The molecule has 3 aliphatic heterocycles. The van der Waals surface area contributed by atoms with Crippen molar-refractivity contribution in [2.75, 3.05) is 24.6 Å². The van der Waals surface area contributed by atoms with E-state index in [0.717, 1.165) is 5.01 Å². The summed E-state index contributed by atoms with van der Waals surface area (Å²) in [6, 6.07) is 16.1. The second kappa shape index (κ2) is 15.8. The Morgan fingerprint density at radius 3 is 2.44 bits per heavy atom. The van der Waals surface area contributed by atoms with E-state index in [1.165, 1.54) is 13.3 Å². The standard InChI is InChI=1S/C30H38N7O10P/c1-4-43-48(41,44-5-2)18-42-23-16-22(45-28(39)20-12-8-6-9-13-20)27(46-23)36-17-32-24-25(36)34-29(33-19(3)38)35-26(24)47-30(40)37(31)21-14-10-7-11-15-21/h6-15,17,22-25,27,30,40H,4-5,16,18,31H2,1-3H3,(H,33,34,38)/t22?,23?,24?,25?,27-,30?/m1/s1. The molecule has 6 atom stereocenters. The number of guanidine groups is 1. The summed E-state index contributed by atoms with van der Waals surface area (Å²) in [6.07, 6.45) is -4.54. The predicted molar refractivity (Wildman–Crippen MR) is 173 cm³/mol. The Morgan fingerprint density at radius 2 is 1.79 bits per heavy atom. The van der Waals surface area contributed by atoms with Crippen LogP contribution >= 0.6 is 7.60 Å². The van der Waals surface area contributed by atoms with E-state index in [9.17, 15) is 19.3 Å². The fourth-order valence-corrected chi connectivity index (χ4v) is 6.43. The van der Waals surface area contributed by atoms with E-state index in [1.807, 2.05) is 0 Å². The molecule has 1 fully saturated rings. The number of hydrogen-bond acceptors (Lipinski definition) is 16. The molecule has 48 heavy (non-hydrogen) atoms. The van der Waals surface area contributed by atoms with Gasteiger partial charge in [-0.05, 0) is 38.1 Å². The van der Waals surface area contributed by atoms with Crippen molar-refractivity contribution >= 4 is 43.4 Å². The molecule has 258 valence electrons. The molecule has 1 amide bonds. The summed E-state index contributed by atoms with van der Waals surface area (Å²) >= 11 is 0. The molecule has 2 aromatic carbocycles. The first kappa shape index (κ1) is 35.1. The summed E-state index contributed by atoms with van der Waals surface area (Å²) in [5.41, 5.74) is 0.771. The van der Waals surface area contributed by atoms with Crippen molar-refractivity contribution in [2.24, 2.45) is 20.8 Å². The molecular weight excluding hydrogens is 649 g/mol. The average molecular weight is 688 g/mol. The van der Waals surface area contributed by atoms with Crippen LogP contribution in [0.5, 0.6) is 0 Å². The number of aliphatic imine (C=N–C) groups is 3. The first-order valence-electron chi connectivity index (χ1n) is 15.2. The molecule has 0 saturated carbocycles. The number of amides is 1. The molecule has 4 N–H and O–H groups in total. The SMILES string of the molecule is CCOP(=O)(COC1CC(OC(=O)c2ccccc2)[C@H](N2C=NC3C(OC(O)N(N)c4ccccc4)=NC(NC(C)=O)=NC32)O1)OCC. The third-order valence-corrected chi connectivity index (χ3v) is 8.91. The van der Waals surface area contributed by atoms with E-state index in [0.29, 0.717) is 11.3 Å². The number of nitrogens with zero attached hydrogens (tertiary/aromatic N) is 5. The Hall–Kier alpha value is -4.22. The molecule has 17 nitrogen and oxygen atoms in total. The van der Waals surface area contributed by atoms with Gasteiger partial charge in [0.2, 0.25) is 17.8 Å². The summed E-state index contributed by atoms with van der Waals surface area (Å²) < 4.78 is 47.5. The Balaban J connectivity index is 1.38. The van der Waals surface area contributed by atoms with Gasteiger partial charge in [0.05, 0.1) is 30.8 Å². The molecule has 0 radical (unpaired) electrons. The Bertz CT molecular complexity index is 1550. The second-order valence-corrected chi connectivity index (χ2v) is 12.6. The van der Waals surface area contributed by atoms with Gasteiger partial charge in [-0.15, -0.1) is 0 Å². The van der Waals surface area contributed by atoms with Gasteiger partial charge in [0, 0.05) is 13.3 Å². The highest BCUT2D eigenvalue weighted by molar-refractivity contribution is 7.53. The quantitative estimate of drug-likeness (QED) is 0.0908. The number of carbonyl (C=O) groups excluding carboxylic acids is 2. The summed E-state index contributed by atoms with van der Waals surface area (Å²) in [5.74, 6) is 4.80. The van der Waals surface area contributed by atoms with Gasteiger partial charge in [0.1, 0.15) is 0 Å². The zero-order valence-electron chi connectivity index (χ0n) is 26.5. The molecule has 5 unspecified atom stereocenters. The van der Waals surface area contributed by atoms with Crippen LogP contribution in [0.2, 0.25) is 0 Å². The normalized spacial score (nSPS) is 23.9. The van der Waals surface area contributed by atoms with Crippen LogP contribution in [0.25, 0.3) is 0 Å². The van der Waals surface area contributed by atoms with Gasteiger partial charge in [0.25, 0.3) is 6.41 Å². The van der Waals surface area contributed by atoms with Crippen molar-refractivity contribution in [1.29, 1.82) is 0 Å². The maximum atomic E-state index is 13.2. The van der Waals surface area contributed by atoms with Crippen LogP contribution < -0.4 is 16.2 Å². The molecule has 0 spiro atoms. The van der Waals surface area contributed by atoms with Crippen molar-refractivity contribution in [1.82, 2.24) is 10.2 Å². The number of nitrogens with two attached hydrogens (primary N) is 1. The van der Waals surface area contributed by atoms with Crippen LogP contribution in [-0.2, 0) is 37.4 Å². The maximum Gasteiger partial charge on any atom is 0.356 e. The fourth-order valence-electron chi connectivity index (χ4n) is 5.07. The number of benzene rings is 2. The molecule has 18 heteroatoms. The van der Waals surface area contributed by atoms with Crippen molar-refractivity contribution in [2.45, 2.75) is 64.4 Å². The first-order chi connectivity index (χ1) is 23.1. The lowest BCUT2D eigenvalue weighted by molar-refractivity contribution is -0.158. The molecule has 1 saturated heterocycles. The number of ether oxygens (including phenoxy) is 4. The number of para-hydroxylation sites is 1. The van der Waals surface area contributed by atoms with Crippen molar-refractivity contribution in [3.8, 4) is 0 Å². The van der Waals surface area contributed by atoms with Gasteiger partial charge in [-0.25, -0.2) is 20.6 Å². The number of hydrazine groups is 1. The van der Waals surface area contributed by atoms with Crippen LogP contribution in [0.15, 0.2) is 75.6 Å². The Kier molecular flexibility index (Phi) is 11.5. The van der Waals surface area contributed by atoms with E-state index >= 15 is 0 Å². The van der Waals surface area contributed by atoms with E-state index in [-0.39, 0.29) is 31.5 Å². The molecule has 0 bridgehead atoms. The lowest BCUT2D eigenvalue weighted by atomic mass is 10.1. The molecule has 5 rings (SSSR count).